The highest BCUT2D eigenvalue weighted by Gasteiger charge is 2.10. The molecule has 3 aromatic rings. The van der Waals surface area contributed by atoms with Gasteiger partial charge in [-0.3, -0.25) is 9.67 Å². The van der Waals surface area contributed by atoms with Crippen molar-refractivity contribution in [1.82, 2.24) is 14.8 Å². The van der Waals surface area contributed by atoms with Crippen LogP contribution in [0.3, 0.4) is 0 Å². The smallest absolute Gasteiger partial charge is 0.0825 e. The van der Waals surface area contributed by atoms with Crippen molar-refractivity contribution in [2.75, 3.05) is 5.32 Å². The Balaban J connectivity index is 1.86. The zero-order chi connectivity index (χ0) is 13.4. The van der Waals surface area contributed by atoms with Crippen molar-refractivity contribution >= 4 is 27.2 Å². The molecule has 0 radical (unpaired) electrons. The lowest BCUT2D eigenvalue weighted by Gasteiger charge is -2.14. The molecule has 0 amide bonds. The Hall–Kier alpha value is -1.88. The van der Waals surface area contributed by atoms with Gasteiger partial charge < -0.3 is 5.32 Å². The highest BCUT2D eigenvalue weighted by atomic mass is 32.1. The van der Waals surface area contributed by atoms with E-state index in [0.29, 0.717) is 0 Å². The highest BCUT2D eigenvalue weighted by molar-refractivity contribution is 7.17. The van der Waals surface area contributed by atoms with Gasteiger partial charge in [-0.2, -0.15) is 5.10 Å². The number of fused-ring (bicyclic) bond motifs is 1. The molecule has 1 N–H and O–H groups in total. The van der Waals surface area contributed by atoms with Crippen LogP contribution in [0.1, 0.15) is 24.2 Å². The summed E-state index contributed by atoms with van der Waals surface area (Å²) in [5, 5.41) is 9.90. The summed E-state index contributed by atoms with van der Waals surface area (Å²) in [4.78, 5) is 4.48. The number of aromatic nitrogens is 3. The van der Waals surface area contributed by atoms with Crippen LogP contribution in [-0.4, -0.2) is 14.8 Å². The first-order valence-corrected chi connectivity index (χ1v) is 7.11. The van der Waals surface area contributed by atoms with Crippen LogP contribution < -0.4 is 5.32 Å². The van der Waals surface area contributed by atoms with E-state index < -0.39 is 0 Å². The Bertz CT molecular complexity index is 713. The van der Waals surface area contributed by atoms with Crippen molar-refractivity contribution in [2.45, 2.75) is 19.9 Å². The fourth-order valence-electron chi connectivity index (χ4n) is 2.16. The monoisotopic (exact) mass is 272 g/mol. The summed E-state index contributed by atoms with van der Waals surface area (Å²) in [7, 11) is 1.93. The molecule has 0 bridgehead atoms. The van der Waals surface area contributed by atoms with Gasteiger partial charge in [0.1, 0.15) is 0 Å². The van der Waals surface area contributed by atoms with Gasteiger partial charge in [0.15, 0.2) is 0 Å². The van der Waals surface area contributed by atoms with E-state index in [1.807, 2.05) is 37.1 Å². The van der Waals surface area contributed by atoms with Crippen LogP contribution in [-0.2, 0) is 7.05 Å². The second kappa shape index (κ2) is 4.66. The SMILES string of the molecule is Cc1nn(C)cc1NC(C)c1cnc2ccsc2c1. The predicted octanol–water partition coefficient (Wildman–Crippen LogP) is 3.51. The van der Waals surface area contributed by atoms with Crippen molar-refractivity contribution in [3.63, 3.8) is 0 Å². The number of nitrogens with one attached hydrogen (secondary N) is 1. The van der Waals surface area contributed by atoms with E-state index in [-0.39, 0.29) is 6.04 Å². The molecular weight excluding hydrogens is 256 g/mol. The van der Waals surface area contributed by atoms with E-state index in [4.69, 9.17) is 0 Å². The fraction of sp³-hybridized carbons (Fsp3) is 0.286. The van der Waals surface area contributed by atoms with Gasteiger partial charge in [0.2, 0.25) is 0 Å². The molecule has 3 rings (SSSR count). The Kier molecular flexibility index (Phi) is 2.98. The summed E-state index contributed by atoms with van der Waals surface area (Å²) in [6.45, 7) is 4.15. The van der Waals surface area contributed by atoms with Gasteiger partial charge in [-0.1, -0.05) is 0 Å². The van der Waals surface area contributed by atoms with E-state index >= 15 is 0 Å². The number of thiophene rings is 1. The molecule has 98 valence electrons. The fourth-order valence-corrected chi connectivity index (χ4v) is 2.95. The zero-order valence-electron chi connectivity index (χ0n) is 11.2. The van der Waals surface area contributed by atoms with Crippen LogP contribution in [0.2, 0.25) is 0 Å². The number of nitrogens with zero attached hydrogens (tertiary/aromatic N) is 3. The number of hydrogen-bond donors (Lipinski definition) is 1. The summed E-state index contributed by atoms with van der Waals surface area (Å²) >= 11 is 1.73. The predicted molar refractivity (Wildman–Crippen MR) is 79.6 cm³/mol. The molecule has 1 atom stereocenters. The minimum absolute atomic E-state index is 0.210. The van der Waals surface area contributed by atoms with Crippen LogP contribution in [0.15, 0.2) is 29.9 Å². The first kappa shape index (κ1) is 12.2. The van der Waals surface area contributed by atoms with Crippen molar-refractivity contribution in [3.8, 4) is 0 Å². The van der Waals surface area contributed by atoms with Crippen LogP contribution >= 0.6 is 11.3 Å². The van der Waals surface area contributed by atoms with Gasteiger partial charge in [0.25, 0.3) is 0 Å². The maximum atomic E-state index is 4.48. The van der Waals surface area contributed by atoms with E-state index in [2.05, 4.69) is 33.8 Å². The molecule has 1 unspecified atom stereocenters. The minimum atomic E-state index is 0.210. The Morgan fingerprint density at radius 1 is 1.42 bits per heavy atom. The Morgan fingerprint density at radius 2 is 2.26 bits per heavy atom. The molecule has 0 fully saturated rings. The van der Waals surface area contributed by atoms with E-state index in [9.17, 15) is 0 Å². The maximum Gasteiger partial charge on any atom is 0.0825 e. The lowest BCUT2D eigenvalue weighted by molar-refractivity contribution is 0.756. The molecule has 0 aliphatic rings. The third kappa shape index (κ3) is 2.33. The average molecular weight is 272 g/mol. The first-order valence-electron chi connectivity index (χ1n) is 6.23. The summed E-state index contributed by atoms with van der Waals surface area (Å²) in [5.41, 5.74) is 4.34. The third-order valence-electron chi connectivity index (χ3n) is 3.21. The summed E-state index contributed by atoms with van der Waals surface area (Å²) < 4.78 is 3.06. The normalized spacial score (nSPS) is 12.8. The zero-order valence-corrected chi connectivity index (χ0v) is 12.0. The molecule has 0 aliphatic carbocycles. The van der Waals surface area contributed by atoms with Crippen LogP contribution in [0, 0.1) is 6.92 Å². The van der Waals surface area contributed by atoms with E-state index in [1.54, 1.807) is 11.3 Å². The maximum absolute atomic E-state index is 4.48. The van der Waals surface area contributed by atoms with Gasteiger partial charge >= 0.3 is 0 Å². The topological polar surface area (TPSA) is 42.7 Å². The van der Waals surface area contributed by atoms with Crippen molar-refractivity contribution < 1.29 is 0 Å². The molecule has 0 aromatic carbocycles. The molecule has 0 spiro atoms. The third-order valence-corrected chi connectivity index (χ3v) is 4.06. The Labute approximate surface area is 116 Å². The number of aryl methyl sites for hydroxylation is 2. The molecule has 3 aromatic heterocycles. The Morgan fingerprint density at radius 3 is 3.00 bits per heavy atom. The van der Waals surface area contributed by atoms with Gasteiger partial charge in [-0.05, 0) is 36.9 Å². The lowest BCUT2D eigenvalue weighted by Crippen LogP contribution is -2.07. The van der Waals surface area contributed by atoms with E-state index in [0.717, 1.165) is 16.9 Å². The summed E-state index contributed by atoms with van der Waals surface area (Å²) in [5.74, 6) is 0. The molecule has 0 saturated carbocycles. The van der Waals surface area contributed by atoms with Crippen molar-refractivity contribution in [1.29, 1.82) is 0 Å². The number of hydrogen-bond acceptors (Lipinski definition) is 4. The van der Waals surface area contributed by atoms with Crippen molar-refractivity contribution in [3.05, 3.63) is 41.2 Å². The highest BCUT2D eigenvalue weighted by Crippen LogP contribution is 2.25. The van der Waals surface area contributed by atoms with Gasteiger partial charge in [0.05, 0.1) is 27.6 Å². The first-order chi connectivity index (χ1) is 9.13. The average Bonchev–Trinajstić information content (AvgIpc) is 2.95. The second-order valence-corrected chi connectivity index (χ2v) is 5.69. The molecule has 4 nitrogen and oxygen atoms in total. The van der Waals surface area contributed by atoms with Gasteiger partial charge in [-0.15, -0.1) is 11.3 Å². The largest absolute Gasteiger partial charge is 0.376 e. The molecule has 0 aliphatic heterocycles. The molecule has 19 heavy (non-hydrogen) atoms. The minimum Gasteiger partial charge on any atom is -0.376 e. The molecule has 5 heteroatoms. The van der Waals surface area contributed by atoms with Crippen molar-refractivity contribution in [2.24, 2.45) is 7.05 Å². The second-order valence-electron chi connectivity index (χ2n) is 4.74. The van der Waals surface area contributed by atoms with Crippen LogP contribution in [0.4, 0.5) is 5.69 Å². The summed E-state index contributed by atoms with van der Waals surface area (Å²) in [6, 6.07) is 4.46. The van der Waals surface area contributed by atoms with Gasteiger partial charge in [0, 0.05) is 19.4 Å². The molecule has 3 heterocycles. The van der Waals surface area contributed by atoms with Crippen LogP contribution in [0.25, 0.3) is 10.2 Å². The standard InChI is InChI=1S/C14H16N4S/c1-9(16-13-8-18(3)17-10(13)2)11-6-14-12(15-7-11)4-5-19-14/h4-9,16H,1-3H3. The molecule has 0 saturated heterocycles. The van der Waals surface area contributed by atoms with Crippen LogP contribution in [0.5, 0.6) is 0 Å². The number of rotatable bonds is 3. The quantitative estimate of drug-likeness (QED) is 0.793. The number of pyridine rings is 1. The van der Waals surface area contributed by atoms with E-state index in [1.165, 1.54) is 10.3 Å². The summed E-state index contributed by atoms with van der Waals surface area (Å²) in [6.07, 6.45) is 3.95. The molecular formula is C14H16N4S. The number of anilines is 1. The lowest BCUT2D eigenvalue weighted by atomic mass is 10.1. The van der Waals surface area contributed by atoms with Gasteiger partial charge in [-0.25, -0.2) is 0 Å².